The maximum atomic E-state index is 12.3. The van der Waals surface area contributed by atoms with Crippen LogP contribution in [0.2, 0.25) is 0 Å². The molecule has 2 aromatic heterocycles. The van der Waals surface area contributed by atoms with Gasteiger partial charge in [-0.1, -0.05) is 12.1 Å². The Kier molecular flexibility index (Phi) is 4.03. The fourth-order valence-electron chi connectivity index (χ4n) is 2.66. The molecule has 124 valence electrons. The van der Waals surface area contributed by atoms with Crippen LogP contribution in [-0.4, -0.2) is 20.7 Å². The van der Waals surface area contributed by atoms with E-state index in [0.29, 0.717) is 12.2 Å². The summed E-state index contributed by atoms with van der Waals surface area (Å²) in [5.74, 6) is -0.160. The molecule has 6 heteroatoms. The van der Waals surface area contributed by atoms with E-state index in [0.717, 1.165) is 21.8 Å². The molecule has 0 bridgehead atoms. The van der Waals surface area contributed by atoms with Crippen LogP contribution in [0.4, 0.5) is 5.69 Å². The van der Waals surface area contributed by atoms with Gasteiger partial charge < -0.3 is 5.32 Å². The van der Waals surface area contributed by atoms with Gasteiger partial charge in [0.25, 0.3) is 5.91 Å². The molecular weight excluding hydrogens is 332 g/mol. The van der Waals surface area contributed by atoms with E-state index in [1.165, 1.54) is 4.70 Å². The Morgan fingerprint density at radius 1 is 1.12 bits per heavy atom. The molecule has 0 saturated heterocycles. The molecule has 0 fully saturated rings. The first-order valence-electron chi connectivity index (χ1n) is 8.04. The fraction of sp³-hybridized carbons (Fsp3) is 0.105. The van der Waals surface area contributed by atoms with Gasteiger partial charge in [-0.3, -0.25) is 9.48 Å². The van der Waals surface area contributed by atoms with E-state index in [-0.39, 0.29) is 5.91 Å². The monoisotopic (exact) mass is 348 g/mol. The Balaban J connectivity index is 1.54. The number of fused-ring (bicyclic) bond motifs is 1. The van der Waals surface area contributed by atoms with Gasteiger partial charge in [0.15, 0.2) is 0 Å². The first-order chi connectivity index (χ1) is 12.2. The van der Waals surface area contributed by atoms with Crippen LogP contribution in [0.1, 0.15) is 17.4 Å². The lowest BCUT2D eigenvalue weighted by Crippen LogP contribution is -2.17. The van der Waals surface area contributed by atoms with E-state index >= 15 is 0 Å². The molecule has 4 rings (SSSR count). The molecule has 1 N–H and O–H groups in total. The van der Waals surface area contributed by atoms with E-state index in [1.54, 1.807) is 28.3 Å². The molecule has 0 aliphatic heterocycles. The summed E-state index contributed by atoms with van der Waals surface area (Å²) in [6.07, 6.45) is 1.63. The standard InChI is InChI=1S/C19H16N4OS/c1-2-23-16(11-12-20-23)18(24)21-14-9-7-13(8-10-14)19-22-15-5-3-4-6-17(15)25-19/h3-12H,2H2,1H3,(H,21,24). The van der Waals surface area contributed by atoms with Crippen LogP contribution in [0.25, 0.3) is 20.8 Å². The van der Waals surface area contributed by atoms with E-state index in [4.69, 9.17) is 0 Å². The highest BCUT2D eigenvalue weighted by Crippen LogP contribution is 2.30. The number of carbonyl (C=O) groups excluding carboxylic acids is 1. The topological polar surface area (TPSA) is 59.8 Å². The lowest BCUT2D eigenvalue weighted by Gasteiger charge is -2.07. The molecule has 4 aromatic rings. The number of rotatable bonds is 4. The molecular formula is C19H16N4OS. The second-order valence-corrected chi connectivity index (χ2v) is 6.58. The number of carbonyl (C=O) groups is 1. The SMILES string of the molecule is CCn1nccc1C(=O)Nc1ccc(-c2nc3ccccc3s2)cc1. The smallest absolute Gasteiger partial charge is 0.273 e. The van der Waals surface area contributed by atoms with Gasteiger partial charge in [-0.25, -0.2) is 4.98 Å². The van der Waals surface area contributed by atoms with Crippen molar-refractivity contribution < 1.29 is 4.79 Å². The predicted octanol–water partition coefficient (Wildman–Crippen LogP) is 4.43. The van der Waals surface area contributed by atoms with E-state index in [2.05, 4.69) is 21.5 Å². The number of hydrogen-bond donors (Lipinski definition) is 1. The summed E-state index contributed by atoms with van der Waals surface area (Å²) in [4.78, 5) is 17.0. The minimum atomic E-state index is -0.160. The van der Waals surface area contributed by atoms with Gasteiger partial charge in [0, 0.05) is 24.0 Å². The van der Waals surface area contributed by atoms with Gasteiger partial charge in [0.05, 0.1) is 10.2 Å². The average Bonchev–Trinajstić information content (AvgIpc) is 3.28. The second kappa shape index (κ2) is 6.49. The first kappa shape index (κ1) is 15.5. The zero-order valence-electron chi connectivity index (χ0n) is 13.6. The van der Waals surface area contributed by atoms with Gasteiger partial charge in [-0.05, 0) is 49.4 Å². The maximum Gasteiger partial charge on any atom is 0.273 e. The van der Waals surface area contributed by atoms with Crippen molar-refractivity contribution >= 4 is 33.1 Å². The summed E-state index contributed by atoms with van der Waals surface area (Å²) in [6.45, 7) is 2.61. The summed E-state index contributed by atoms with van der Waals surface area (Å²) in [7, 11) is 0. The van der Waals surface area contributed by atoms with Crippen molar-refractivity contribution in [3.05, 3.63) is 66.5 Å². The minimum Gasteiger partial charge on any atom is -0.321 e. The number of para-hydroxylation sites is 1. The Labute approximate surface area is 149 Å². The van der Waals surface area contributed by atoms with Crippen molar-refractivity contribution in [2.45, 2.75) is 13.5 Å². The van der Waals surface area contributed by atoms with Crippen LogP contribution in [0.3, 0.4) is 0 Å². The van der Waals surface area contributed by atoms with Crippen LogP contribution >= 0.6 is 11.3 Å². The fourth-order valence-corrected chi connectivity index (χ4v) is 3.64. The number of thiazole rings is 1. The summed E-state index contributed by atoms with van der Waals surface area (Å²) in [5, 5.41) is 8.00. The number of benzene rings is 2. The van der Waals surface area contributed by atoms with Crippen molar-refractivity contribution in [1.29, 1.82) is 0 Å². The van der Waals surface area contributed by atoms with Crippen molar-refractivity contribution in [3.63, 3.8) is 0 Å². The summed E-state index contributed by atoms with van der Waals surface area (Å²) >= 11 is 1.66. The number of hydrogen-bond acceptors (Lipinski definition) is 4. The molecule has 0 atom stereocenters. The van der Waals surface area contributed by atoms with Crippen LogP contribution in [-0.2, 0) is 6.54 Å². The molecule has 25 heavy (non-hydrogen) atoms. The molecule has 2 aromatic carbocycles. The third-order valence-electron chi connectivity index (χ3n) is 3.93. The van der Waals surface area contributed by atoms with Crippen LogP contribution in [0.15, 0.2) is 60.8 Å². The molecule has 0 aliphatic rings. The highest BCUT2D eigenvalue weighted by molar-refractivity contribution is 7.21. The Morgan fingerprint density at radius 3 is 2.68 bits per heavy atom. The van der Waals surface area contributed by atoms with Gasteiger partial charge in [-0.15, -0.1) is 11.3 Å². The quantitative estimate of drug-likeness (QED) is 0.593. The van der Waals surface area contributed by atoms with Crippen molar-refractivity contribution in [1.82, 2.24) is 14.8 Å². The highest BCUT2D eigenvalue weighted by atomic mass is 32.1. The average molecular weight is 348 g/mol. The minimum absolute atomic E-state index is 0.160. The zero-order chi connectivity index (χ0) is 17.2. The molecule has 5 nitrogen and oxygen atoms in total. The van der Waals surface area contributed by atoms with E-state index in [1.807, 2.05) is 49.4 Å². The molecule has 2 heterocycles. The number of aryl methyl sites for hydroxylation is 1. The number of anilines is 1. The lowest BCUT2D eigenvalue weighted by atomic mass is 10.2. The number of nitrogens with zero attached hydrogens (tertiary/aromatic N) is 3. The number of amides is 1. The summed E-state index contributed by atoms with van der Waals surface area (Å²) in [6, 6.07) is 17.6. The third kappa shape index (κ3) is 3.04. The van der Waals surface area contributed by atoms with Crippen LogP contribution in [0, 0.1) is 0 Å². The Hall–Kier alpha value is -2.99. The normalized spacial score (nSPS) is 10.9. The predicted molar refractivity (Wildman–Crippen MR) is 101 cm³/mol. The number of aromatic nitrogens is 3. The maximum absolute atomic E-state index is 12.3. The lowest BCUT2D eigenvalue weighted by molar-refractivity contribution is 0.101. The second-order valence-electron chi connectivity index (χ2n) is 5.55. The third-order valence-corrected chi connectivity index (χ3v) is 5.02. The van der Waals surface area contributed by atoms with Gasteiger partial charge in [0.1, 0.15) is 10.7 Å². The van der Waals surface area contributed by atoms with Crippen molar-refractivity contribution in [2.75, 3.05) is 5.32 Å². The van der Waals surface area contributed by atoms with Crippen molar-refractivity contribution in [3.8, 4) is 10.6 Å². The summed E-state index contributed by atoms with van der Waals surface area (Å²) in [5.41, 5.74) is 3.35. The molecule has 0 unspecified atom stereocenters. The van der Waals surface area contributed by atoms with Crippen LogP contribution in [0.5, 0.6) is 0 Å². The largest absolute Gasteiger partial charge is 0.321 e. The van der Waals surface area contributed by atoms with Gasteiger partial charge >= 0.3 is 0 Å². The molecule has 0 spiro atoms. The Bertz CT molecular complexity index is 1000. The van der Waals surface area contributed by atoms with Crippen LogP contribution < -0.4 is 5.32 Å². The molecule has 0 saturated carbocycles. The molecule has 0 radical (unpaired) electrons. The summed E-state index contributed by atoms with van der Waals surface area (Å²) < 4.78 is 2.84. The van der Waals surface area contributed by atoms with E-state index in [9.17, 15) is 4.79 Å². The zero-order valence-corrected chi connectivity index (χ0v) is 14.5. The van der Waals surface area contributed by atoms with Gasteiger partial charge in [-0.2, -0.15) is 5.10 Å². The Morgan fingerprint density at radius 2 is 1.92 bits per heavy atom. The first-order valence-corrected chi connectivity index (χ1v) is 8.85. The van der Waals surface area contributed by atoms with Crippen molar-refractivity contribution in [2.24, 2.45) is 0 Å². The highest BCUT2D eigenvalue weighted by Gasteiger charge is 2.12. The van der Waals surface area contributed by atoms with Gasteiger partial charge in [0.2, 0.25) is 0 Å². The number of nitrogens with one attached hydrogen (secondary N) is 1. The molecule has 1 amide bonds. The molecule has 0 aliphatic carbocycles. The van der Waals surface area contributed by atoms with E-state index < -0.39 is 0 Å².